The van der Waals surface area contributed by atoms with Gasteiger partial charge in [0.15, 0.2) is 0 Å². The summed E-state index contributed by atoms with van der Waals surface area (Å²) >= 11 is 7.12. The number of aromatic nitrogens is 2. The van der Waals surface area contributed by atoms with Crippen LogP contribution in [-0.2, 0) is 5.88 Å². The minimum atomic E-state index is 0.315. The summed E-state index contributed by atoms with van der Waals surface area (Å²) in [5, 5.41) is 9.41. The van der Waals surface area contributed by atoms with Gasteiger partial charge in [-0.3, -0.25) is 0 Å². The van der Waals surface area contributed by atoms with Crippen molar-refractivity contribution in [1.82, 2.24) is 10.2 Å². The van der Waals surface area contributed by atoms with Crippen LogP contribution in [0.4, 0.5) is 0 Å². The Morgan fingerprint density at radius 3 is 2.87 bits per heavy atom. The summed E-state index contributed by atoms with van der Waals surface area (Å²) in [6.45, 7) is 2.24. The third-order valence-electron chi connectivity index (χ3n) is 2.85. The van der Waals surface area contributed by atoms with Gasteiger partial charge < -0.3 is 4.74 Å². The lowest BCUT2D eigenvalue weighted by Gasteiger charge is -2.27. The molecule has 2 rings (SSSR count). The lowest BCUT2D eigenvalue weighted by atomic mass is 9.88. The first kappa shape index (κ1) is 11.1. The van der Waals surface area contributed by atoms with Crippen LogP contribution in [0.2, 0.25) is 0 Å². The molecule has 1 saturated carbocycles. The van der Waals surface area contributed by atoms with Gasteiger partial charge in [0, 0.05) is 0 Å². The standard InChI is InChI=1S/C10H15ClN2OS/c1-7-4-2-3-5-8(7)14-10-13-12-9(6-11)15-10/h7-8H,2-6H2,1H3. The third kappa shape index (κ3) is 2.82. The van der Waals surface area contributed by atoms with E-state index in [9.17, 15) is 0 Å². The summed E-state index contributed by atoms with van der Waals surface area (Å²) in [6, 6.07) is 0. The highest BCUT2D eigenvalue weighted by atomic mass is 35.5. The van der Waals surface area contributed by atoms with Crippen LogP contribution in [0.25, 0.3) is 0 Å². The van der Waals surface area contributed by atoms with Gasteiger partial charge in [-0.2, -0.15) is 0 Å². The molecule has 84 valence electrons. The summed E-state index contributed by atoms with van der Waals surface area (Å²) in [5.74, 6) is 1.04. The summed E-state index contributed by atoms with van der Waals surface area (Å²) in [5.41, 5.74) is 0. The summed E-state index contributed by atoms with van der Waals surface area (Å²) < 4.78 is 5.84. The second kappa shape index (κ2) is 5.12. The number of nitrogens with zero attached hydrogens (tertiary/aromatic N) is 2. The van der Waals surface area contributed by atoms with Crippen LogP contribution in [0.1, 0.15) is 37.6 Å². The summed E-state index contributed by atoms with van der Waals surface area (Å²) in [6.07, 6.45) is 5.29. The zero-order chi connectivity index (χ0) is 10.7. The van der Waals surface area contributed by atoms with Crippen molar-refractivity contribution in [3.63, 3.8) is 0 Å². The normalized spacial score (nSPS) is 26.5. The van der Waals surface area contributed by atoms with Crippen molar-refractivity contribution in [3.8, 4) is 5.19 Å². The van der Waals surface area contributed by atoms with Crippen LogP contribution in [0.15, 0.2) is 0 Å². The third-order valence-corrected chi connectivity index (χ3v) is 4.07. The van der Waals surface area contributed by atoms with Crippen LogP contribution in [0, 0.1) is 5.92 Å². The highest BCUT2D eigenvalue weighted by Crippen LogP contribution is 2.29. The Balaban J connectivity index is 1.95. The minimum Gasteiger partial charge on any atom is -0.465 e. The molecule has 1 fully saturated rings. The molecule has 0 amide bonds. The van der Waals surface area contributed by atoms with Gasteiger partial charge in [0.1, 0.15) is 11.1 Å². The molecule has 1 aromatic rings. The van der Waals surface area contributed by atoms with Crippen molar-refractivity contribution in [2.24, 2.45) is 5.92 Å². The monoisotopic (exact) mass is 246 g/mol. The van der Waals surface area contributed by atoms with Crippen LogP contribution < -0.4 is 4.74 Å². The first-order valence-corrected chi connectivity index (χ1v) is 6.69. The molecule has 0 spiro atoms. The van der Waals surface area contributed by atoms with Crippen LogP contribution >= 0.6 is 22.9 Å². The van der Waals surface area contributed by atoms with E-state index in [0.717, 1.165) is 11.4 Å². The SMILES string of the molecule is CC1CCCCC1Oc1nnc(CCl)s1. The first-order valence-electron chi connectivity index (χ1n) is 5.34. The second-order valence-corrected chi connectivity index (χ2v) is 5.31. The fraction of sp³-hybridized carbons (Fsp3) is 0.800. The molecule has 2 unspecified atom stereocenters. The molecule has 0 bridgehead atoms. The predicted molar refractivity (Wildman–Crippen MR) is 61.5 cm³/mol. The quantitative estimate of drug-likeness (QED) is 0.768. The van der Waals surface area contributed by atoms with Crippen molar-refractivity contribution >= 4 is 22.9 Å². The van der Waals surface area contributed by atoms with Gasteiger partial charge in [-0.15, -0.1) is 21.8 Å². The number of hydrogen-bond acceptors (Lipinski definition) is 4. The fourth-order valence-corrected chi connectivity index (χ4v) is 2.73. The molecule has 0 aromatic carbocycles. The average Bonchev–Trinajstić information content (AvgIpc) is 2.69. The Labute approximate surface area is 98.8 Å². The molecule has 1 aromatic heterocycles. The van der Waals surface area contributed by atoms with E-state index in [1.54, 1.807) is 0 Å². The Bertz CT molecular complexity index is 318. The van der Waals surface area contributed by atoms with Crippen molar-refractivity contribution in [2.45, 2.75) is 44.6 Å². The Morgan fingerprint density at radius 1 is 1.40 bits per heavy atom. The van der Waals surface area contributed by atoms with Crippen LogP contribution in [0.5, 0.6) is 5.19 Å². The number of hydrogen-bond donors (Lipinski definition) is 0. The molecule has 0 N–H and O–H groups in total. The lowest BCUT2D eigenvalue weighted by molar-refractivity contribution is 0.101. The van der Waals surface area contributed by atoms with E-state index in [1.165, 1.54) is 30.6 Å². The molecule has 1 aliphatic carbocycles. The second-order valence-electron chi connectivity index (χ2n) is 4.01. The smallest absolute Gasteiger partial charge is 0.294 e. The number of alkyl halides is 1. The maximum atomic E-state index is 5.84. The van der Waals surface area contributed by atoms with E-state index < -0.39 is 0 Å². The van der Waals surface area contributed by atoms with Gasteiger partial charge in [-0.1, -0.05) is 24.7 Å². The first-order chi connectivity index (χ1) is 7.29. The highest BCUT2D eigenvalue weighted by Gasteiger charge is 2.23. The van der Waals surface area contributed by atoms with E-state index >= 15 is 0 Å². The fourth-order valence-electron chi connectivity index (χ4n) is 1.93. The zero-order valence-electron chi connectivity index (χ0n) is 8.78. The molecule has 2 atom stereocenters. The number of rotatable bonds is 3. The van der Waals surface area contributed by atoms with Crippen molar-refractivity contribution in [3.05, 3.63) is 5.01 Å². The summed E-state index contributed by atoms with van der Waals surface area (Å²) in [7, 11) is 0. The van der Waals surface area contributed by atoms with Gasteiger partial charge in [0.05, 0.1) is 5.88 Å². The molecule has 0 aliphatic heterocycles. The number of ether oxygens (including phenoxy) is 1. The molecule has 5 heteroatoms. The Kier molecular flexibility index (Phi) is 3.81. The Morgan fingerprint density at radius 2 is 2.20 bits per heavy atom. The Hall–Kier alpha value is -0.350. The van der Waals surface area contributed by atoms with Gasteiger partial charge in [0.2, 0.25) is 0 Å². The van der Waals surface area contributed by atoms with Gasteiger partial charge >= 0.3 is 0 Å². The van der Waals surface area contributed by atoms with Crippen molar-refractivity contribution in [1.29, 1.82) is 0 Å². The molecule has 0 saturated heterocycles. The molecular weight excluding hydrogens is 232 g/mol. The largest absolute Gasteiger partial charge is 0.465 e. The minimum absolute atomic E-state index is 0.315. The van der Waals surface area contributed by atoms with Gasteiger partial charge in [-0.25, -0.2) is 0 Å². The molecular formula is C10H15ClN2OS. The van der Waals surface area contributed by atoms with Crippen molar-refractivity contribution < 1.29 is 4.74 Å². The molecule has 1 aliphatic rings. The van der Waals surface area contributed by atoms with Gasteiger partial charge in [-0.05, 0) is 25.2 Å². The molecule has 3 nitrogen and oxygen atoms in total. The summed E-state index contributed by atoms with van der Waals surface area (Å²) in [4.78, 5) is 0. The maximum absolute atomic E-state index is 5.84. The van der Waals surface area contributed by atoms with E-state index in [2.05, 4.69) is 17.1 Å². The van der Waals surface area contributed by atoms with E-state index in [4.69, 9.17) is 16.3 Å². The van der Waals surface area contributed by atoms with Crippen LogP contribution in [-0.4, -0.2) is 16.3 Å². The average molecular weight is 247 g/mol. The van der Waals surface area contributed by atoms with Gasteiger partial charge in [0.25, 0.3) is 5.19 Å². The van der Waals surface area contributed by atoms with E-state index in [-0.39, 0.29) is 0 Å². The van der Waals surface area contributed by atoms with Crippen LogP contribution in [0.3, 0.4) is 0 Å². The zero-order valence-corrected chi connectivity index (χ0v) is 10.4. The number of halogens is 1. The highest BCUT2D eigenvalue weighted by molar-refractivity contribution is 7.13. The molecule has 15 heavy (non-hydrogen) atoms. The lowest BCUT2D eigenvalue weighted by Crippen LogP contribution is -2.28. The molecule has 0 radical (unpaired) electrons. The molecule has 1 heterocycles. The van der Waals surface area contributed by atoms with E-state index in [0.29, 0.717) is 23.1 Å². The maximum Gasteiger partial charge on any atom is 0.294 e. The van der Waals surface area contributed by atoms with Crippen molar-refractivity contribution in [2.75, 3.05) is 0 Å². The predicted octanol–water partition coefficient (Wildman–Crippen LogP) is 3.23. The van der Waals surface area contributed by atoms with E-state index in [1.807, 2.05) is 0 Å². The topological polar surface area (TPSA) is 35.0 Å².